The van der Waals surface area contributed by atoms with Gasteiger partial charge >= 0.3 is 0 Å². The summed E-state index contributed by atoms with van der Waals surface area (Å²) in [5, 5.41) is 2.99. The maximum absolute atomic E-state index is 5.33. The predicted molar refractivity (Wildman–Crippen MR) is 48.5 cm³/mol. The number of ether oxygens (including phenoxy) is 1. The van der Waals surface area contributed by atoms with Crippen molar-refractivity contribution in [3.8, 4) is 0 Å². The minimum atomic E-state index is 0.845. The summed E-state index contributed by atoms with van der Waals surface area (Å²) in [4.78, 5) is 0. The molecule has 0 saturated heterocycles. The Balaban J connectivity index is 3.17. The topological polar surface area (TPSA) is 21.3 Å². The van der Waals surface area contributed by atoms with Crippen LogP contribution in [0.5, 0.6) is 0 Å². The third-order valence-corrected chi connectivity index (χ3v) is 1.38. The first-order valence-corrected chi connectivity index (χ1v) is 4.22. The van der Waals surface area contributed by atoms with Gasteiger partial charge in [-0.1, -0.05) is 12.5 Å². The first-order valence-electron chi connectivity index (χ1n) is 4.22. The Kier molecular flexibility index (Phi) is 7.26. The Morgan fingerprint density at radius 2 is 2.18 bits per heavy atom. The summed E-state index contributed by atoms with van der Waals surface area (Å²) in [5.41, 5.74) is 1.34. The average molecular weight is 157 g/mol. The molecule has 0 aromatic heterocycles. The first-order chi connectivity index (χ1) is 5.31. The molecule has 2 nitrogen and oxygen atoms in total. The van der Waals surface area contributed by atoms with E-state index in [9.17, 15) is 0 Å². The van der Waals surface area contributed by atoms with E-state index in [1.54, 1.807) is 0 Å². The molecule has 0 fully saturated rings. The van der Waals surface area contributed by atoms with Crippen LogP contribution < -0.4 is 5.32 Å². The van der Waals surface area contributed by atoms with Crippen LogP contribution in [0.15, 0.2) is 11.8 Å². The van der Waals surface area contributed by atoms with Crippen LogP contribution in [0.3, 0.4) is 0 Å². The number of hydrogen-bond acceptors (Lipinski definition) is 2. The lowest BCUT2D eigenvalue weighted by atomic mass is 10.2. The van der Waals surface area contributed by atoms with Crippen molar-refractivity contribution in [2.24, 2.45) is 0 Å². The Labute approximate surface area is 69.6 Å². The zero-order valence-corrected chi connectivity index (χ0v) is 7.81. The van der Waals surface area contributed by atoms with E-state index in [2.05, 4.69) is 19.2 Å². The van der Waals surface area contributed by atoms with Crippen molar-refractivity contribution in [2.45, 2.75) is 26.7 Å². The lowest BCUT2D eigenvalue weighted by Gasteiger charge is -2.02. The van der Waals surface area contributed by atoms with Gasteiger partial charge in [0.2, 0.25) is 0 Å². The van der Waals surface area contributed by atoms with Gasteiger partial charge in [-0.2, -0.15) is 0 Å². The first kappa shape index (κ1) is 10.5. The highest BCUT2D eigenvalue weighted by atomic mass is 16.5. The molecule has 0 aliphatic rings. The quantitative estimate of drug-likeness (QED) is 0.595. The van der Waals surface area contributed by atoms with Crippen LogP contribution in [0.25, 0.3) is 0 Å². The molecular formula is C9H19NO. The molecule has 0 rings (SSSR count). The maximum atomic E-state index is 5.33. The normalized spacial score (nSPS) is 11.7. The fraction of sp³-hybridized carbons (Fsp3) is 0.778. The lowest BCUT2D eigenvalue weighted by Crippen LogP contribution is -1.99. The van der Waals surface area contributed by atoms with Crippen LogP contribution in [0.1, 0.15) is 26.7 Å². The van der Waals surface area contributed by atoms with Crippen LogP contribution in [0, 0.1) is 0 Å². The highest BCUT2D eigenvalue weighted by molar-refractivity contribution is 4.95. The van der Waals surface area contributed by atoms with Gasteiger partial charge in [0.15, 0.2) is 0 Å². The lowest BCUT2D eigenvalue weighted by molar-refractivity contribution is 0.138. The van der Waals surface area contributed by atoms with Crippen LogP contribution >= 0.6 is 0 Å². The van der Waals surface area contributed by atoms with Gasteiger partial charge in [0.25, 0.3) is 0 Å². The minimum absolute atomic E-state index is 0.845. The molecule has 0 atom stereocenters. The molecule has 1 N–H and O–H groups in total. The van der Waals surface area contributed by atoms with Gasteiger partial charge in [-0.25, -0.2) is 0 Å². The SMILES string of the molecule is CCCOCC/C(C)=C\NC. The smallest absolute Gasteiger partial charge is 0.0503 e. The summed E-state index contributed by atoms with van der Waals surface area (Å²) in [5.74, 6) is 0. The monoisotopic (exact) mass is 157 g/mol. The minimum Gasteiger partial charge on any atom is -0.394 e. The van der Waals surface area contributed by atoms with E-state index in [1.807, 2.05) is 13.2 Å². The number of rotatable bonds is 6. The molecule has 0 aromatic rings. The number of hydrogen-bond donors (Lipinski definition) is 1. The van der Waals surface area contributed by atoms with Crippen molar-refractivity contribution in [2.75, 3.05) is 20.3 Å². The Morgan fingerprint density at radius 3 is 2.73 bits per heavy atom. The molecule has 0 aromatic carbocycles. The summed E-state index contributed by atoms with van der Waals surface area (Å²) in [6.07, 6.45) is 4.14. The third kappa shape index (κ3) is 7.40. The second-order valence-corrected chi connectivity index (χ2v) is 2.64. The van der Waals surface area contributed by atoms with Crippen molar-refractivity contribution in [1.29, 1.82) is 0 Å². The molecule has 0 radical (unpaired) electrons. The van der Waals surface area contributed by atoms with Gasteiger partial charge in [-0.3, -0.25) is 0 Å². The van der Waals surface area contributed by atoms with Crippen molar-refractivity contribution >= 4 is 0 Å². The van der Waals surface area contributed by atoms with Crippen LogP contribution in [0.2, 0.25) is 0 Å². The van der Waals surface area contributed by atoms with E-state index in [1.165, 1.54) is 5.57 Å². The molecule has 2 heteroatoms. The zero-order chi connectivity index (χ0) is 8.53. The van der Waals surface area contributed by atoms with E-state index < -0.39 is 0 Å². The number of nitrogens with one attached hydrogen (secondary N) is 1. The highest BCUT2D eigenvalue weighted by Gasteiger charge is 1.88. The highest BCUT2D eigenvalue weighted by Crippen LogP contribution is 1.97. The Hall–Kier alpha value is -0.500. The molecule has 0 saturated carbocycles. The van der Waals surface area contributed by atoms with Crippen LogP contribution in [-0.4, -0.2) is 20.3 Å². The second kappa shape index (κ2) is 7.61. The van der Waals surface area contributed by atoms with Crippen molar-refractivity contribution in [3.63, 3.8) is 0 Å². The van der Waals surface area contributed by atoms with E-state index in [0.29, 0.717) is 0 Å². The summed E-state index contributed by atoms with van der Waals surface area (Å²) in [6.45, 7) is 5.95. The van der Waals surface area contributed by atoms with E-state index in [0.717, 1.165) is 26.1 Å². The predicted octanol–water partition coefficient (Wildman–Crippen LogP) is 1.93. The molecule has 0 bridgehead atoms. The molecule has 0 aliphatic heterocycles. The summed E-state index contributed by atoms with van der Waals surface area (Å²) in [6, 6.07) is 0. The Bertz CT molecular complexity index is 110. The fourth-order valence-electron chi connectivity index (χ4n) is 0.798. The van der Waals surface area contributed by atoms with Crippen LogP contribution in [0.4, 0.5) is 0 Å². The molecule has 11 heavy (non-hydrogen) atoms. The standard InChI is InChI=1S/C9H19NO/c1-4-6-11-7-5-9(2)8-10-3/h8,10H,4-7H2,1-3H3/b9-8-. The van der Waals surface area contributed by atoms with Crippen LogP contribution in [-0.2, 0) is 4.74 Å². The Morgan fingerprint density at radius 1 is 1.45 bits per heavy atom. The van der Waals surface area contributed by atoms with Gasteiger partial charge in [0.05, 0.1) is 6.61 Å². The van der Waals surface area contributed by atoms with Gasteiger partial charge in [-0.15, -0.1) is 0 Å². The van der Waals surface area contributed by atoms with Crippen molar-refractivity contribution < 1.29 is 4.74 Å². The summed E-state index contributed by atoms with van der Waals surface area (Å²) in [7, 11) is 1.91. The zero-order valence-electron chi connectivity index (χ0n) is 7.81. The van der Waals surface area contributed by atoms with Gasteiger partial charge in [0.1, 0.15) is 0 Å². The van der Waals surface area contributed by atoms with E-state index in [-0.39, 0.29) is 0 Å². The van der Waals surface area contributed by atoms with Crippen molar-refractivity contribution in [3.05, 3.63) is 11.8 Å². The average Bonchev–Trinajstić information content (AvgIpc) is 1.99. The van der Waals surface area contributed by atoms with Crippen molar-refractivity contribution in [1.82, 2.24) is 5.32 Å². The summed E-state index contributed by atoms with van der Waals surface area (Å²) >= 11 is 0. The van der Waals surface area contributed by atoms with E-state index >= 15 is 0 Å². The van der Waals surface area contributed by atoms with Gasteiger partial charge in [0, 0.05) is 13.7 Å². The summed E-state index contributed by atoms with van der Waals surface area (Å²) < 4.78 is 5.33. The molecule has 0 heterocycles. The second-order valence-electron chi connectivity index (χ2n) is 2.64. The molecule has 0 aliphatic carbocycles. The largest absolute Gasteiger partial charge is 0.394 e. The molecule has 0 spiro atoms. The molecule has 0 unspecified atom stereocenters. The maximum Gasteiger partial charge on any atom is 0.0503 e. The van der Waals surface area contributed by atoms with Gasteiger partial charge < -0.3 is 10.1 Å². The molecule has 66 valence electrons. The molecular weight excluding hydrogens is 138 g/mol. The third-order valence-electron chi connectivity index (χ3n) is 1.38. The fourth-order valence-corrected chi connectivity index (χ4v) is 0.798. The van der Waals surface area contributed by atoms with E-state index in [4.69, 9.17) is 4.74 Å². The molecule has 0 amide bonds. The van der Waals surface area contributed by atoms with Gasteiger partial charge in [-0.05, 0) is 26.0 Å².